The first-order valence-electron chi connectivity index (χ1n) is 6.79. The molecule has 22 heavy (non-hydrogen) atoms. The molecule has 3 rings (SSSR count). The summed E-state index contributed by atoms with van der Waals surface area (Å²) in [6.07, 6.45) is 7.31. The highest BCUT2D eigenvalue weighted by Gasteiger charge is 2.50. The predicted octanol–water partition coefficient (Wildman–Crippen LogP) is 1.77. The van der Waals surface area contributed by atoms with Gasteiger partial charge in [0.15, 0.2) is 0 Å². The number of quaternary nitrogens is 1. The molecule has 1 amide bonds. The molecule has 1 aromatic carbocycles. The number of nitrogens with zero attached hydrogens (tertiary/aromatic N) is 3. The van der Waals surface area contributed by atoms with Crippen molar-refractivity contribution in [3.05, 3.63) is 65.8 Å². The van der Waals surface area contributed by atoms with Gasteiger partial charge in [0.25, 0.3) is 11.5 Å². The van der Waals surface area contributed by atoms with Gasteiger partial charge in [-0.05, 0) is 24.3 Å². The van der Waals surface area contributed by atoms with E-state index in [4.69, 9.17) is 5.73 Å². The normalized spacial score (nSPS) is 23.0. The number of carbonyl (C=O) groups excluding carboxylic acids is 1. The number of aliphatic imine (C=N–C) groups is 1. The molecule has 0 bridgehead atoms. The highest BCUT2D eigenvalue weighted by atomic mass is 19.1. The summed E-state index contributed by atoms with van der Waals surface area (Å²) in [7, 11) is 3.66. The summed E-state index contributed by atoms with van der Waals surface area (Å²) in [4.78, 5) is 16.7. The zero-order valence-electron chi connectivity index (χ0n) is 12.3. The van der Waals surface area contributed by atoms with E-state index in [1.165, 1.54) is 12.1 Å². The van der Waals surface area contributed by atoms with Crippen LogP contribution in [0.1, 0.15) is 5.56 Å². The molecule has 1 unspecified atom stereocenters. The molecular weight excluding hydrogens is 283 g/mol. The van der Waals surface area contributed by atoms with Gasteiger partial charge in [-0.2, -0.15) is 4.99 Å². The first-order valence-corrected chi connectivity index (χ1v) is 6.79. The van der Waals surface area contributed by atoms with Crippen molar-refractivity contribution in [3.63, 3.8) is 0 Å². The fourth-order valence-corrected chi connectivity index (χ4v) is 2.80. The number of fused-ring (bicyclic) bond motifs is 1. The third-order valence-electron chi connectivity index (χ3n) is 3.76. The van der Waals surface area contributed by atoms with Crippen molar-refractivity contribution in [3.8, 4) is 0 Å². The van der Waals surface area contributed by atoms with Crippen molar-refractivity contribution in [1.82, 2.24) is 5.01 Å². The van der Waals surface area contributed by atoms with Crippen LogP contribution in [0.15, 0.2) is 59.4 Å². The Morgan fingerprint density at radius 2 is 2.09 bits per heavy atom. The fourth-order valence-electron chi connectivity index (χ4n) is 2.80. The number of primary amides is 1. The molecule has 0 aromatic heterocycles. The second-order valence-electron chi connectivity index (χ2n) is 5.28. The largest absolute Gasteiger partial charge is 0.361 e. The molecule has 5 nitrogen and oxygen atoms in total. The van der Waals surface area contributed by atoms with Gasteiger partial charge in [-0.1, -0.05) is 12.1 Å². The van der Waals surface area contributed by atoms with Crippen LogP contribution in [0.5, 0.6) is 0 Å². The molecule has 0 saturated heterocycles. The molecule has 1 aromatic rings. The molecule has 2 aliphatic rings. The van der Waals surface area contributed by atoms with E-state index in [1.807, 2.05) is 43.5 Å². The molecule has 6 heteroatoms. The Morgan fingerprint density at radius 1 is 1.32 bits per heavy atom. The number of amidine groups is 1. The maximum absolute atomic E-state index is 13.5. The smallest absolute Gasteiger partial charge is 0.308 e. The van der Waals surface area contributed by atoms with Crippen LogP contribution in [-0.4, -0.2) is 35.4 Å². The van der Waals surface area contributed by atoms with E-state index in [-0.39, 0.29) is 10.4 Å². The van der Waals surface area contributed by atoms with E-state index in [1.54, 1.807) is 12.1 Å². The number of hydrogen-bond acceptors (Lipinski definition) is 3. The molecule has 1 atom stereocenters. The van der Waals surface area contributed by atoms with E-state index >= 15 is 0 Å². The molecule has 2 aliphatic heterocycles. The molecule has 0 saturated carbocycles. The average Bonchev–Trinajstić information content (AvgIpc) is 2.83. The van der Waals surface area contributed by atoms with Gasteiger partial charge in [-0.3, -0.25) is 4.79 Å². The van der Waals surface area contributed by atoms with Crippen molar-refractivity contribution in [2.45, 2.75) is 0 Å². The number of hydrogen-bond donors (Lipinski definition) is 1. The lowest BCUT2D eigenvalue weighted by molar-refractivity contribution is -0.864. The molecule has 0 radical (unpaired) electrons. The Balaban J connectivity index is 2.30. The van der Waals surface area contributed by atoms with Crippen LogP contribution in [0.2, 0.25) is 0 Å². The highest BCUT2D eigenvalue weighted by molar-refractivity contribution is 6.08. The minimum absolute atomic E-state index is 0.00230. The summed E-state index contributed by atoms with van der Waals surface area (Å²) in [5.41, 5.74) is 6.85. The Bertz CT molecular complexity index is 776. The van der Waals surface area contributed by atoms with Crippen molar-refractivity contribution < 1.29 is 13.8 Å². The Hall–Kier alpha value is -2.57. The minimum Gasteiger partial charge on any atom is -0.361 e. The van der Waals surface area contributed by atoms with E-state index in [2.05, 4.69) is 4.99 Å². The molecule has 0 fully saturated rings. The van der Waals surface area contributed by atoms with Gasteiger partial charge >= 0.3 is 5.91 Å². The second-order valence-corrected chi connectivity index (χ2v) is 5.28. The van der Waals surface area contributed by atoms with Crippen LogP contribution in [0.25, 0.3) is 5.70 Å². The summed E-state index contributed by atoms with van der Waals surface area (Å²) in [5.74, 6) is -0.339. The fraction of sp³-hybridized carbons (Fsp3) is 0.125. The monoisotopic (exact) mass is 299 g/mol. The van der Waals surface area contributed by atoms with Crippen molar-refractivity contribution in [2.24, 2.45) is 10.7 Å². The summed E-state index contributed by atoms with van der Waals surface area (Å²) in [6.45, 7) is 0. The SMILES string of the molecule is CN(C)[N+]12C=CC=CC1=NC(c1cccc(F)c1)=C2C(N)=O. The number of benzene rings is 1. The average molecular weight is 299 g/mol. The number of halogens is 1. The van der Waals surface area contributed by atoms with Crippen molar-refractivity contribution >= 4 is 17.4 Å². The Labute approximate surface area is 127 Å². The maximum Gasteiger partial charge on any atom is 0.308 e. The van der Waals surface area contributed by atoms with Gasteiger partial charge in [-0.25, -0.2) is 4.39 Å². The predicted molar refractivity (Wildman–Crippen MR) is 82.2 cm³/mol. The van der Waals surface area contributed by atoms with Gasteiger partial charge in [-0.15, -0.1) is 9.60 Å². The number of nitrogens with two attached hydrogens (primary N) is 1. The van der Waals surface area contributed by atoms with Crippen LogP contribution < -0.4 is 5.73 Å². The topological polar surface area (TPSA) is 58.7 Å². The lowest BCUT2D eigenvalue weighted by Crippen LogP contribution is -2.57. The first kappa shape index (κ1) is 14.4. The van der Waals surface area contributed by atoms with E-state index in [0.29, 0.717) is 22.8 Å². The first-order chi connectivity index (χ1) is 10.5. The number of carbonyl (C=O) groups is 1. The zero-order valence-corrected chi connectivity index (χ0v) is 12.3. The maximum atomic E-state index is 13.5. The number of rotatable bonds is 3. The summed E-state index contributed by atoms with van der Waals surface area (Å²) < 4.78 is 13.5. The third kappa shape index (κ3) is 1.93. The summed E-state index contributed by atoms with van der Waals surface area (Å²) >= 11 is 0. The van der Waals surface area contributed by atoms with Crippen LogP contribution >= 0.6 is 0 Å². The molecule has 112 valence electrons. The van der Waals surface area contributed by atoms with Crippen LogP contribution in [-0.2, 0) is 4.79 Å². The highest BCUT2D eigenvalue weighted by Crippen LogP contribution is 2.38. The second kappa shape index (κ2) is 5.01. The number of allylic oxidation sites excluding steroid dienone is 2. The zero-order chi connectivity index (χ0) is 15.9. The Morgan fingerprint density at radius 3 is 2.73 bits per heavy atom. The molecule has 0 spiro atoms. The van der Waals surface area contributed by atoms with Crippen LogP contribution in [0.3, 0.4) is 0 Å². The lowest BCUT2D eigenvalue weighted by Gasteiger charge is -2.36. The van der Waals surface area contributed by atoms with Crippen molar-refractivity contribution in [1.29, 1.82) is 0 Å². The van der Waals surface area contributed by atoms with Gasteiger partial charge in [0.05, 0.1) is 0 Å². The van der Waals surface area contributed by atoms with E-state index in [0.717, 1.165) is 0 Å². The molecular formula is C16H16FN4O+. The van der Waals surface area contributed by atoms with E-state index in [9.17, 15) is 9.18 Å². The summed E-state index contributed by atoms with van der Waals surface area (Å²) in [6, 6.07) is 5.99. The van der Waals surface area contributed by atoms with E-state index < -0.39 is 5.91 Å². The molecule has 2 N–H and O–H groups in total. The van der Waals surface area contributed by atoms with Crippen LogP contribution in [0, 0.1) is 5.82 Å². The van der Waals surface area contributed by atoms with Gasteiger partial charge in [0.2, 0.25) is 0 Å². The minimum atomic E-state index is -0.591. The Kier molecular flexibility index (Phi) is 3.27. The van der Waals surface area contributed by atoms with Gasteiger partial charge in [0.1, 0.15) is 17.7 Å². The van der Waals surface area contributed by atoms with Gasteiger partial charge in [0, 0.05) is 25.7 Å². The third-order valence-corrected chi connectivity index (χ3v) is 3.76. The van der Waals surface area contributed by atoms with Gasteiger partial charge < -0.3 is 5.73 Å². The molecule has 2 heterocycles. The molecule has 0 aliphatic carbocycles. The number of amides is 1. The quantitative estimate of drug-likeness (QED) is 0.865. The lowest BCUT2D eigenvalue weighted by atomic mass is 10.1. The summed E-state index contributed by atoms with van der Waals surface area (Å²) in [5, 5.41) is 1.82. The standard InChI is InChI=1S/C16H15FN4O/c1-20(2)21-9-4-3-8-13(21)19-14(15(21)16(18)22)11-6-5-7-12(17)10-11/h3-10H,1-2H3,(H-,18,22)/p+1. The van der Waals surface area contributed by atoms with Crippen molar-refractivity contribution in [2.75, 3.05) is 14.1 Å². The van der Waals surface area contributed by atoms with Crippen LogP contribution in [0.4, 0.5) is 4.39 Å².